The van der Waals surface area contributed by atoms with Gasteiger partial charge in [0.1, 0.15) is 5.75 Å². The molecule has 0 aliphatic carbocycles. The van der Waals surface area contributed by atoms with Crippen molar-refractivity contribution in [3.8, 4) is 5.75 Å². The number of methoxy groups -OCH3 is 1. The second kappa shape index (κ2) is 9.73. The van der Waals surface area contributed by atoms with Gasteiger partial charge >= 0.3 is 5.97 Å². The average molecular weight is 410 g/mol. The maximum atomic E-state index is 12.6. The molecule has 1 aliphatic rings. The number of amides is 1. The summed E-state index contributed by atoms with van der Waals surface area (Å²) in [6, 6.07) is 6.70. The van der Waals surface area contributed by atoms with Crippen molar-refractivity contribution >= 4 is 27.8 Å². The molecule has 1 aromatic rings. The maximum Gasteiger partial charge on any atom is 0.331 e. The quantitative estimate of drug-likeness (QED) is 0.482. The topological polar surface area (TPSA) is 90.0 Å². The van der Waals surface area contributed by atoms with Crippen LogP contribution in [0.15, 0.2) is 30.3 Å². The summed E-state index contributed by atoms with van der Waals surface area (Å²) >= 11 is 0. The van der Waals surface area contributed by atoms with Gasteiger partial charge in [-0.05, 0) is 31.9 Å². The van der Waals surface area contributed by atoms with Gasteiger partial charge in [-0.3, -0.25) is 4.79 Å². The number of ether oxygens (including phenoxy) is 2. The van der Waals surface area contributed by atoms with Crippen LogP contribution in [0.2, 0.25) is 0 Å². The molecule has 0 saturated carbocycles. The minimum absolute atomic E-state index is 0.0370. The number of rotatable bonds is 8. The molecule has 1 fully saturated rings. The minimum Gasteiger partial charge on any atom is -0.496 e. The SMILES string of the molecule is CC[C@H](C)N(C(=O)COC(=O)/C=C/c1ccccc1OC)[C@@H]1CCS(=O)(=O)C1. The molecular weight excluding hydrogens is 382 g/mol. The smallest absolute Gasteiger partial charge is 0.331 e. The monoisotopic (exact) mass is 409 g/mol. The van der Waals surface area contributed by atoms with Crippen molar-refractivity contribution in [3.63, 3.8) is 0 Å². The molecule has 0 unspecified atom stereocenters. The van der Waals surface area contributed by atoms with E-state index in [-0.39, 0.29) is 29.5 Å². The summed E-state index contributed by atoms with van der Waals surface area (Å²) in [5, 5.41) is 0. The lowest BCUT2D eigenvalue weighted by Gasteiger charge is -2.33. The molecule has 7 nitrogen and oxygen atoms in total. The summed E-state index contributed by atoms with van der Waals surface area (Å²) in [4.78, 5) is 26.2. The second-order valence-electron chi connectivity index (χ2n) is 6.80. The molecule has 0 spiro atoms. The van der Waals surface area contributed by atoms with E-state index >= 15 is 0 Å². The molecule has 1 aromatic carbocycles. The van der Waals surface area contributed by atoms with E-state index in [1.165, 1.54) is 13.2 Å². The van der Waals surface area contributed by atoms with Crippen LogP contribution in [0, 0.1) is 0 Å². The Bertz CT molecular complexity index is 833. The third kappa shape index (κ3) is 5.82. The highest BCUT2D eigenvalue weighted by Gasteiger charge is 2.36. The van der Waals surface area contributed by atoms with Gasteiger partial charge in [-0.2, -0.15) is 0 Å². The zero-order valence-corrected chi connectivity index (χ0v) is 17.3. The summed E-state index contributed by atoms with van der Waals surface area (Å²) in [5.74, 6) is -0.366. The van der Waals surface area contributed by atoms with Crippen molar-refractivity contribution in [2.24, 2.45) is 0 Å². The Labute approximate surface area is 166 Å². The first-order valence-corrected chi connectivity index (χ1v) is 11.1. The number of para-hydroxylation sites is 1. The fraction of sp³-hybridized carbons (Fsp3) is 0.500. The zero-order valence-electron chi connectivity index (χ0n) is 16.5. The summed E-state index contributed by atoms with van der Waals surface area (Å²) < 4.78 is 33.8. The van der Waals surface area contributed by atoms with Crippen LogP contribution < -0.4 is 4.74 Å². The van der Waals surface area contributed by atoms with E-state index in [1.807, 2.05) is 26.0 Å². The van der Waals surface area contributed by atoms with Crippen LogP contribution in [0.1, 0.15) is 32.3 Å². The Kier molecular flexibility index (Phi) is 7.62. The van der Waals surface area contributed by atoms with Gasteiger partial charge < -0.3 is 14.4 Å². The van der Waals surface area contributed by atoms with E-state index in [1.54, 1.807) is 23.1 Å². The summed E-state index contributed by atoms with van der Waals surface area (Å²) in [6.07, 6.45) is 3.89. The Balaban J connectivity index is 1.98. The predicted octanol–water partition coefficient (Wildman–Crippen LogP) is 2.07. The van der Waals surface area contributed by atoms with Gasteiger partial charge in [0.25, 0.3) is 5.91 Å². The fourth-order valence-electron chi connectivity index (χ4n) is 3.22. The largest absolute Gasteiger partial charge is 0.496 e. The Morgan fingerprint density at radius 2 is 2.04 bits per heavy atom. The number of benzene rings is 1. The number of sulfone groups is 1. The van der Waals surface area contributed by atoms with Crippen LogP contribution in [0.5, 0.6) is 5.75 Å². The normalized spacial score (nSPS) is 19.3. The first kappa shape index (κ1) is 21.9. The van der Waals surface area contributed by atoms with Crippen LogP contribution in [-0.4, -0.2) is 62.5 Å². The van der Waals surface area contributed by atoms with Crippen molar-refractivity contribution in [1.29, 1.82) is 0 Å². The van der Waals surface area contributed by atoms with Crippen molar-refractivity contribution < 1.29 is 27.5 Å². The third-order valence-corrected chi connectivity index (χ3v) is 6.58. The molecule has 1 aliphatic heterocycles. The molecule has 154 valence electrons. The van der Waals surface area contributed by atoms with E-state index in [4.69, 9.17) is 9.47 Å². The minimum atomic E-state index is -3.12. The summed E-state index contributed by atoms with van der Waals surface area (Å²) in [6.45, 7) is 3.37. The van der Waals surface area contributed by atoms with Gasteiger partial charge in [0.15, 0.2) is 16.4 Å². The molecule has 0 aromatic heterocycles. The lowest BCUT2D eigenvalue weighted by Crippen LogP contribution is -2.48. The van der Waals surface area contributed by atoms with Crippen LogP contribution in [-0.2, 0) is 24.2 Å². The fourth-order valence-corrected chi connectivity index (χ4v) is 4.93. The highest BCUT2D eigenvalue weighted by molar-refractivity contribution is 7.91. The number of esters is 1. The van der Waals surface area contributed by atoms with Gasteiger partial charge in [0.05, 0.1) is 18.6 Å². The van der Waals surface area contributed by atoms with Crippen molar-refractivity contribution in [2.75, 3.05) is 25.2 Å². The summed E-state index contributed by atoms with van der Waals surface area (Å²) in [5.41, 5.74) is 0.714. The van der Waals surface area contributed by atoms with E-state index in [0.29, 0.717) is 24.2 Å². The predicted molar refractivity (Wildman–Crippen MR) is 107 cm³/mol. The zero-order chi connectivity index (χ0) is 20.7. The van der Waals surface area contributed by atoms with E-state index < -0.39 is 22.4 Å². The molecule has 1 heterocycles. The molecule has 1 amide bonds. The molecular formula is C20H27NO6S. The highest BCUT2D eigenvalue weighted by atomic mass is 32.2. The Morgan fingerprint density at radius 3 is 2.64 bits per heavy atom. The molecule has 2 rings (SSSR count). The van der Waals surface area contributed by atoms with E-state index in [0.717, 1.165) is 0 Å². The molecule has 2 atom stereocenters. The molecule has 28 heavy (non-hydrogen) atoms. The Morgan fingerprint density at radius 1 is 1.32 bits per heavy atom. The molecule has 0 bridgehead atoms. The number of hydrogen-bond donors (Lipinski definition) is 0. The Hall–Kier alpha value is -2.35. The van der Waals surface area contributed by atoms with Crippen LogP contribution in [0.4, 0.5) is 0 Å². The number of hydrogen-bond acceptors (Lipinski definition) is 6. The van der Waals surface area contributed by atoms with Crippen LogP contribution in [0.3, 0.4) is 0 Å². The lowest BCUT2D eigenvalue weighted by atomic mass is 10.1. The van der Waals surface area contributed by atoms with Crippen molar-refractivity contribution in [2.45, 2.75) is 38.8 Å². The standard InChI is InChI=1S/C20H27NO6S/c1-4-15(2)21(17-11-12-28(24,25)14-17)19(22)13-27-20(23)10-9-16-7-5-6-8-18(16)26-3/h5-10,15,17H,4,11-14H2,1-3H3/b10-9+/t15-,17+/m0/s1. The number of carbonyl (C=O) groups is 2. The van der Waals surface area contributed by atoms with Crippen LogP contribution >= 0.6 is 0 Å². The van der Waals surface area contributed by atoms with Crippen LogP contribution in [0.25, 0.3) is 6.08 Å². The van der Waals surface area contributed by atoms with Gasteiger partial charge in [-0.25, -0.2) is 13.2 Å². The number of carbonyl (C=O) groups excluding carboxylic acids is 2. The molecule has 1 saturated heterocycles. The highest BCUT2D eigenvalue weighted by Crippen LogP contribution is 2.22. The summed E-state index contributed by atoms with van der Waals surface area (Å²) in [7, 11) is -1.58. The van der Waals surface area contributed by atoms with Gasteiger partial charge in [0.2, 0.25) is 0 Å². The lowest BCUT2D eigenvalue weighted by molar-refractivity contribution is -0.150. The van der Waals surface area contributed by atoms with Gasteiger partial charge in [-0.1, -0.05) is 25.1 Å². The number of nitrogens with zero attached hydrogens (tertiary/aromatic N) is 1. The molecule has 0 radical (unpaired) electrons. The second-order valence-corrected chi connectivity index (χ2v) is 9.03. The average Bonchev–Trinajstić information content (AvgIpc) is 3.03. The van der Waals surface area contributed by atoms with E-state index in [2.05, 4.69) is 0 Å². The third-order valence-electron chi connectivity index (χ3n) is 4.83. The van der Waals surface area contributed by atoms with E-state index in [9.17, 15) is 18.0 Å². The van der Waals surface area contributed by atoms with Crippen molar-refractivity contribution in [1.82, 2.24) is 4.90 Å². The maximum absolute atomic E-state index is 12.6. The molecule has 8 heteroatoms. The van der Waals surface area contributed by atoms with Gasteiger partial charge in [-0.15, -0.1) is 0 Å². The first-order chi connectivity index (χ1) is 13.3. The van der Waals surface area contributed by atoms with Gasteiger partial charge in [0, 0.05) is 23.7 Å². The molecule has 0 N–H and O–H groups in total. The van der Waals surface area contributed by atoms with Crippen molar-refractivity contribution in [3.05, 3.63) is 35.9 Å². The first-order valence-electron chi connectivity index (χ1n) is 9.26.